The molecule has 0 atom stereocenters. The molecule has 0 bridgehead atoms. The maximum atomic E-state index is 9.03. The molecule has 2 aromatic carbocycles. The second-order valence-corrected chi connectivity index (χ2v) is 5.26. The number of aryl methyl sites for hydroxylation is 2. The number of nitriles is 1. The lowest BCUT2D eigenvalue weighted by Gasteiger charge is -2.16. The highest BCUT2D eigenvalue weighted by Crippen LogP contribution is 2.34. The van der Waals surface area contributed by atoms with Crippen LogP contribution in [0.4, 0.5) is 0 Å². The van der Waals surface area contributed by atoms with Crippen molar-refractivity contribution in [1.82, 2.24) is 0 Å². The van der Waals surface area contributed by atoms with Gasteiger partial charge < -0.3 is 9.47 Å². The van der Waals surface area contributed by atoms with Crippen LogP contribution in [-0.4, -0.2) is 14.2 Å². The van der Waals surface area contributed by atoms with Crippen molar-refractivity contribution in [2.75, 3.05) is 14.2 Å². The van der Waals surface area contributed by atoms with Crippen molar-refractivity contribution in [2.24, 2.45) is 0 Å². The summed E-state index contributed by atoms with van der Waals surface area (Å²) < 4.78 is 10.9. The predicted octanol–water partition coefficient (Wildman–Crippen LogP) is 3.86. The van der Waals surface area contributed by atoms with E-state index in [1.54, 1.807) is 14.2 Å². The fourth-order valence-corrected chi connectivity index (χ4v) is 2.69. The summed E-state index contributed by atoms with van der Waals surface area (Å²) in [6.07, 6.45) is 2.11. The molecule has 0 N–H and O–H groups in total. The Morgan fingerprint density at radius 3 is 2.50 bits per heavy atom. The predicted molar refractivity (Wildman–Crippen MR) is 87.5 cm³/mol. The number of benzene rings is 2. The summed E-state index contributed by atoms with van der Waals surface area (Å²) in [5.41, 5.74) is 4.61. The first-order chi connectivity index (χ1) is 10.7. The van der Waals surface area contributed by atoms with Crippen molar-refractivity contribution in [3.8, 4) is 17.6 Å². The molecule has 3 nitrogen and oxygen atoms in total. The van der Waals surface area contributed by atoms with E-state index < -0.39 is 0 Å². The quantitative estimate of drug-likeness (QED) is 0.812. The van der Waals surface area contributed by atoms with Gasteiger partial charge in [-0.15, -0.1) is 0 Å². The average molecular weight is 295 g/mol. The van der Waals surface area contributed by atoms with Gasteiger partial charge in [0.2, 0.25) is 0 Å². The highest BCUT2D eigenvalue weighted by molar-refractivity contribution is 5.52. The van der Waals surface area contributed by atoms with Gasteiger partial charge in [0.25, 0.3) is 0 Å². The number of nitrogens with zero attached hydrogens (tertiary/aromatic N) is 1. The smallest absolute Gasteiger partial charge is 0.164 e. The van der Waals surface area contributed by atoms with Crippen molar-refractivity contribution < 1.29 is 9.47 Å². The molecule has 2 aromatic rings. The Labute approximate surface area is 132 Å². The number of hydrogen-bond acceptors (Lipinski definition) is 3. The zero-order chi connectivity index (χ0) is 15.9. The third-order valence-corrected chi connectivity index (χ3v) is 3.76. The molecule has 0 heterocycles. The summed E-state index contributed by atoms with van der Waals surface area (Å²) in [5.74, 6) is 1.45. The number of rotatable bonds is 6. The minimum absolute atomic E-state index is 0.378. The van der Waals surface area contributed by atoms with E-state index in [1.807, 2.05) is 12.1 Å². The molecule has 22 heavy (non-hydrogen) atoms. The van der Waals surface area contributed by atoms with E-state index in [9.17, 15) is 0 Å². The Bertz CT molecular complexity index is 686. The summed E-state index contributed by atoms with van der Waals surface area (Å²) in [5, 5.41) is 9.03. The molecule has 114 valence electrons. The van der Waals surface area contributed by atoms with E-state index in [1.165, 1.54) is 11.1 Å². The van der Waals surface area contributed by atoms with Crippen LogP contribution in [0.1, 0.15) is 22.3 Å². The molecule has 3 heteroatoms. The van der Waals surface area contributed by atoms with E-state index in [4.69, 9.17) is 14.7 Å². The fraction of sp³-hybridized carbons (Fsp3) is 0.316. The molecule has 0 unspecified atom stereocenters. The molecule has 0 amide bonds. The van der Waals surface area contributed by atoms with Crippen molar-refractivity contribution in [1.29, 1.82) is 5.26 Å². The van der Waals surface area contributed by atoms with E-state index in [0.717, 1.165) is 29.7 Å². The van der Waals surface area contributed by atoms with E-state index in [2.05, 4.69) is 37.3 Å². The zero-order valence-corrected chi connectivity index (χ0v) is 13.3. The second-order valence-electron chi connectivity index (χ2n) is 5.26. The topological polar surface area (TPSA) is 42.2 Å². The van der Waals surface area contributed by atoms with Crippen molar-refractivity contribution in [2.45, 2.75) is 26.2 Å². The van der Waals surface area contributed by atoms with Crippen LogP contribution in [0.3, 0.4) is 0 Å². The molecule has 0 aliphatic rings. The molecule has 0 aliphatic carbocycles. The maximum Gasteiger partial charge on any atom is 0.164 e. The van der Waals surface area contributed by atoms with Gasteiger partial charge in [-0.1, -0.05) is 35.9 Å². The number of ether oxygens (including phenoxy) is 2. The second kappa shape index (κ2) is 7.51. The van der Waals surface area contributed by atoms with Crippen LogP contribution in [-0.2, 0) is 19.3 Å². The van der Waals surface area contributed by atoms with Gasteiger partial charge in [-0.3, -0.25) is 0 Å². The third kappa shape index (κ3) is 3.59. The van der Waals surface area contributed by atoms with Gasteiger partial charge in [0, 0.05) is 5.56 Å². The Morgan fingerprint density at radius 2 is 1.86 bits per heavy atom. The zero-order valence-electron chi connectivity index (χ0n) is 13.3. The number of methoxy groups -OCH3 is 2. The van der Waals surface area contributed by atoms with Gasteiger partial charge in [0.1, 0.15) is 0 Å². The fourth-order valence-electron chi connectivity index (χ4n) is 2.69. The standard InChI is InChI=1S/C19H21NO2/c1-14-5-4-6-15(13-14)7-9-17-16(11-12-20)8-10-18(21-2)19(17)22-3/h4-6,8,10,13H,7,9,11H2,1-3H3. The first-order valence-electron chi connectivity index (χ1n) is 7.34. The molecule has 0 aromatic heterocycles. The van der Waals surface area contributed by atoms with E-state index >= 15 is 0 Å². The first kappa shape index (κ1) is 15.9. The summed E-state index contributed by atoms with van der Waals surface area (Å²) in [7, 11) is 3.27. The Kier molecular flexibility index (Phi) is 5.43. The van der Waals surface area contributed by atoms with Crippen LogP contribution >= 0.6 is 0 Å². The van der Waals surface area contributed by atoms with Crippen LogP contribution < -0.4 is 9.47 Å². The van der Waals surface area contributed by atoms with Crippen LogP contribution in [0.2, 0.25) is 0 Å². The molecule has 0 fully saturated rings. The molecule has 0 aliphatic heterocycles. The van der Waals surface area contributed by atoms with Gasteiger partial charge in [0.15, 0.2) is 11.5 Å². The lowest BCUT2D eigenvalue weighted by molar-refractivity contribution is 0.351. The largest absolute Gasteiger partial charge is 0.493 e. The minimum Gasteiger partial charge on any atom is -0.493 e. The third-order valence-electron chi connectivity index (χ3n) is 3.76. The van der Waals surface area contributed by atoms with E-state index in [-0.39, 0.29) is 0 Å². The van der Waals surface area contributed by atoms with Gasteiger partial charge in [-0.2, -0.15) is 5.26 Å². The minimum atomic E-state index is 0.378. The summed E-state index contributed by atoms with van der Waals surface area (Å²) in [4.78, 5) is 0. The van der Waals surface area contributed by atoms with Crippen molar-refractivity contribution in [3.63, 3.8) is 0 Å². The van der Waals surface area contributed by atoms with Crippen LogP contribution in [0.15, 0.2) is 36.4 Å². The van der Waals surface area contributed by atoms with E-state index in [0.29, 0.717) is 12.2 Å². The molecule has 0 spiro atoms. The first-order valence-corrected chi connectivity index (χ1v) is 7.34. The lowest BCUT2D eigenvalue weighted by atomic mass is 9.96. The molecular weight excluding hydrogens is 274 g/mol. The van der Waals surface area contributed by atoms with Crippen molar-refractivity contribution in [3.05, 3.63) is 58.7 Å². The van der Waals surface area contributed by atoms with Gasteiger partial charge in [-0.05, 0) is 37.0 Å². The lowest BCUT2D eigenvalue weighted by Crippen LogP contribution is -2.03. The van der Waals surface area contributed by atoms with Crippen LogP contribution in [0, 0.1) is 18.3 Å². The molecule has 2 rings (SSSR count). The Morgan fingerprint density at radius 1 is 1.05 bits per heavy atom. The monoisotopic (exact) mass is 295 g/mol. The van der Waals surface area contributed by atoms with Crippen LogP contribution in [0.5, 0.6) is 11.5 Å². The highest BCUT2D eigenvalue weighted by Gasteiger charge is 2.14. The number of hydrogen-bond donors (Lipinski definition) is 0. The molecule has 0 saturated heterocycles. The van der Waals surface area contributed by atoms with Crippen molar-refractivity contribution >= 4 is 0 Å². The van der Waals surface area contributed by atoms with Gasteiger partial charge in [-0.25, -0.2) is 0 Å². The Balaban J connectivity index is 2.32. The Hall–Kier alpha value is -2.47. The van der Waals surface area contributed by atoms with Gasteiger partial charge in [0.05, 0.1) is 26.7 Å². The highest BCUT2D eigenvalue weighted by atomic mass is 16.5. The molecular formula is C19H21NO2. The summed E-state index contributed by atoms with van der Waals surface area (Å²) in [6, 6.07) is 14.5. The maximum absolute atomic E-state index is 9.03. The normalized spacial score (nSPS) is 10.1. The SMILES string of the molecule is COc1ccc(CC#N)c(CCc2cccc(C)c2)c1OC. The molecule has 0 radical (unpaired) electrons. The van der Waals surface area contributed by atoms with Crippen LogP contribution in [0.25, 0.3) is 0 Å². The van der Waals surface area contributed by atoms with Gasteiger partial charge >= 0.3 is 0 Å². The summed E-state index contributed by atoms with van der Waals surface area (Å²) >= 11 is 0. The average Bonchev–Trinajstić information content (AvgIpc) is 2.53. The summed E-state index contributed by atoms with van der Waals surface area (Å²) in [6.45, 7) is 2.09. The molecule has 0 saturated carbocycles.